The van der Waals surface area contributed by atoms with E-state index in [1.807, 2.05) is 0 Å². The van der Waals surface area contributed by atoms with Crippen LogP contribution in [0.4, 0.5) is 26.3 Å². The first-order valence-corrected chi connectivity index (χ1v) is 11.3. The van der Waals surface area contributed by atoms with Gasteiger partial charge in [-0.05, 0) is 50.7 Å². The Kier molecular flexibility index (Phi) is 11.9. The van der Waals surface area contributed by atoms with Crippen LogP contribution in [0.3, 0.4) is 0 Å². The molecular weight excluding hydrogens is 474 g/mol. The maximum absolute atomic E-state index is 13.6. The first kappa shape index (κ1) is 28.5. The van der Waals surface area contributed by atoms with E-state index in [9.17, 15) is 36.6 Å². The molecule has 2 unspecified atom stereocenters. The van der Waals surface area contributed by atoms with E-state index in [0.29, 0.717) is 62.8 Å². The van der Waals surface area contributed by atoms with Crippen molar-refractivity contribution in [2.45, 2.75) is 63.6 Å². The van der Waals surface area contributed by atoms with E-state index in [-0.39, 0.29) is 24.0 Å². The molecule has 0 aliphatic rings. The van der Waals surface area contributed by atoms with Crippen molar-refractivity contribution in [1.29, 1.82) is 0 Å². The van der Waals surface area contributed by atoms with Crippen LogP contribution in [0.2, 0.25) is 0 Å². The summed E-state index contributed by atoms with van der Waals surface area (Å²) in [6, 6.07) is 2.32. The number of halogens is 6. The molecule has 0 fully saturated rings. The third-order valence-corrected chi connectivity index (χ3v) is 5.26. The smallest absolute Gasteiger partial charge is 0.132 e. The van der Waals surface area contributed by atoms with Crippen molar-refractivity contribution >= 4 is 0 Å². The molecule has 0 saturated carbocycles. The van der Waals surface area contributed by atoms with Gasteiger partial charge in [0, 0.05) is 48.2 Å². The van der Waals surface area contributed by atoms with Gasteiger partial charge in [-0.2, -0.15) is 0 Å². The lowest BCUT2D eigenvalue weighted by Gasteiger charge is -2.11. The van der Waals surface area contributed by atoms with Crippen molar-refractivity contribution in [3.8, 4) is 0 Å². The lowest BCUT2D eigenvalue weighted by molar-refractivity contribution is 0.159. The van der Waals surface area contributed by atoms with E-state index in [4.69, 9.17) is 4.74 Å². The van der Waals surface area contributed by atoms with E-state index < -0.39 is 47.1 Å². The molecule has 0 aromatic heterocycles. The Balaban J connectivity index is 1.56. The molecule has 192 valence electrons. The van der Waals surface area contributed by atoms with E-state index in [1.165, 1.54) is 12.5 Å². The molecule has 2 N–H and O–H groups in total. The average Bonchev–Trinajstić information content (AvgIpc) is 2.77. The fourth-order valence-corrected chi connectivity index (χ4v) is 3.44. The highest BCUT2D eigenvalue weighted by atomic mass is 19.2. The standard InChI is InChI=1S/C26H28F6O3/c27-17-11-23(29)21(24(30)12-17)15-19(33)7-3-1-5-9-35-10-6-2-4-8-20(34)16-22-25(31)13-18(28)14-26(22)32/h5-6,9-14,19-20,33-34H,1-4,7-8,15-16H2. The van der Waals surface area contributed by atoms with Crippen molar-refractivity contribution < 1.29 is 41.3 Å². The summed E-state index contributed by atoms with van der Waals surface area (Å²) in [5, 5.41) is 19.9. The predicted octanol–water partition coefficient (Wildman–Crippen LogP) is 6.41. The molecule has 2 atom stereocenters. The topological polar surface area (TPSA) is 49.7 Å². The van der Waals surface area contributed by atoms with Gasteiger partial charge in [-0.3, -0.25) is 0 Å². The molecule has 0 amide bonds. The maximum atomic E-state index is 13.6. The van der Waals surface area contributed by atoms with Crippen LogP contribution in [0.5, 0.6) is 0 Å². The summed E-state index contributed by atoms with van der Waals surface area (Å²) in [5.74, 6) is -6.10. The summed E-state index contributed by atoms with van der Waals surface area (Å²) in [6.45, 7) is 0. The van der Waals surface area contributed by atoms with Gasteiger partial charge in [0.25, 0.3) is 0 Å². The fourth-order valence-electron chi connectivity index (χ4n) is 3.44. The van der Waals surface area contributed by atoms with Crippen molar-refractivity contribution in [2.75, 3.05) is 0 Å². The first-order valence-electron chi connectivity index (χ1n) is 11.3. The summed E-state index contributed by atoms with van der Waals surface area (Å²) < 4.78 is 85.4. The van der Waals surface area contributed by atoms with Gasteiger partial charge in [-0.1, -0.05) is 0 Å². The zero-order valence-electron chi connectivity index (χ0n) is 19.0. The number of aliphatic hydroxyl groups is 2. The van der Waals surface area contributed by atoms with Crippen molar-refractivity contribution in [1.82, 2.24) is 0 Å². The summed E-state index contributed by atoms with van der Waals surface area (Å²) in [4.78, 5) is 0. The Hall–Kier alpha value is -2.78. The third-order valence-electron chi connectivity index (χ3n) is 5.26. The van der Waals surface area contributed by atoms with Gasteiger partial charge in [0.05, 0.1) is 24.7 Å². The molecule has 0 heterocycles. The molecule has 9 heteroatoms. The van der Waals surface area contributed by atoms with Crippen LogP contribution < -0.4 is 0 Å². The summed E-state index contributed by atoms with van der Waals surface area (Å²) in [6.07, 6.45) is 6.68. The zero-order chi connectivity index (χ0) is 25.8. The van der Waals surface area contributed by atoms with Crippen LogP contribution in [0, 0.1) is 34.9 Å². The number of hydrogen-bond donors (Lipinski definition) is 2. The van der Waals surface area contributed by atoms with Crippen molar-refractivity contribution in [3.63, 3.8) is 0 Å². The number of allylic oxidation sites excluding steroid dienone is 2. The van der Waals surface area contributed by atoms with Gasteiger partial charge in [0.1, 0.15) is 34.9 Å². The first-order chi connectivity index (χ1) is 16.7. The minimum atomic E-state index is -1.02. The van der Waals surface area contributed by atoms with Crippen LogP contribution in [0.15, 0.2) is 48.9 Å². The molecule has 2 aromatic rings. The van der Waals surface area contributed by atoms with E-state index in [1.54, 1.807) is 12.2 Å². The summed E-state index contributed by atoms with van der Waals surface area (Å²) >= 11 is 0. The van der Waals surface area contributed by atoms with Gasteiger partial charge in [0.2, 0.25) is 0 Å². The Bertz CT molecular complexity index is 883. The fraction of sp³-hybridized carbons (Fsp3) is 0.385. The van der Waals surface area contributed by atoms with E-state index in [0.717, 1.165) is 0 Å². The van der Waals surface area contributed by atoms with Crippen LogP contribution >= 0.6 is 0 Å². The van der Waals surface area contributed by atoms with Gasteiger partial charge < -0.3 is 14.9 Å². The largest absolute Gasteiger partial charge is 0.473 e. The molecule has 2 rings (SSSR count). The second kappa shape index (κ2) is 14.6. The average molecular weight is 502 g/mol. The zero-order valence-corrected chi connectivity index (χ0v) is 19.0. The molecule has 3 nitrogen and oxygen atoms in total. The molecule has 35 heavy (non-hydrogen) atoms. The minimum absolute atomic E-state index is 0.247. The van der Waals surface area contributed by atoms with E-state index >= 15 is 0 Å². The predicted molar refractivity (Wildman–Crippen MR) is 119 cm³/mol. The molecule has 0 aliphatic carbocycles. The Morgan fingerprint density at radius 1 is 0.629 bits per heavy atom. The quantitative estimate of drug-likeness (QED) is 0.178. The number of benzene rings is 2. The van der Waals surface area contributed by atoms with Crippen molar-refractivity contribution in [3.05, 3.63) is 95.0 Å². The summed E-state index contributed by atoms with van der Waals surface area (Å²) in [7, 11) is 0. The maximum Gasteiger partial charge on any atom is 0.132 e. The second-order valence-corrected chi connectivity index (χ2v) is 8.15. The molecule has 0 radical (unpaired) electrons. The van der Waals surface area contributed by atoms with Crippen LogP contribution in [-0.2, 0) is 17.6 Å². The summed E-state index contributed by atoms with van der Waals surface area (Å²) in [5.41, 5.74) is -0.685. The molecular formula is C26H28F6O3. The van der Waals surface area contributed by atoms with Gasteiger partial charge in [-0.25, -0.2) is 26.3 Å². The monoisotopic (exact) mass is 502 g/mol. The van der Waals surface area contributed by atoms with Gasteiger partial charge in [0.15, 0.2) is 0 Å². The highest BCUT2D eigenvalue weighted by Crippen LogP contribution is 2.19. The Morgan fingerprint density at radius 2 is 0.971 bits per heavy atom. The number of ether oxygens (including phenoxy) is 1. The normalized spacial score (nSPS) is 13.6. The van der Waals surface area contributed by atoms with Crippen LogP contribution in [0.1, 0.15) is 49.7 Å². The van der Waals surface area contributed by atoms with Crippen LogP contribution in [-0.4, -0.2) is 22.4 Å². The van der Waals surface area contributed by atoms with Gasteiger partial charge in [-0.15, -0.1) is 0 Å². The highest BCUT2D eigenvalue weighted by molar-refractivity contribution is 5.22. The van der Waals surface area contributed by atoms with Crippen LogP contribution in [0.25, 0.3) is 0 Å². The molecule has 0 saturated heterocycles. The Morgan fingerprint density at radius 3 is 1.31 bits per heavy atom. The van der Waals surface area contributed by atoms with Crippen molar-refractivity contribution in [2.24, 2.45) is 0 Å². The molecule has 0 bridgehead atoms. The lowest BCUT2D eigenvalue weighted by atomic mass is 10.0. The number of unbranched alkanes of at least 4 members (excludes halogenated alkanes) is 2. The lowest BCUT2D eigenvalue weighted by Crippen LogP contribution is -2.13. The minimum Gasteiger partial charge on any atom is -0.473 e. The number of aliphatic hydroxyl groups excluding tert-OH is 2. The van der Waals surface area contributed by atoms with E-state index in [2.05, 4.69) is 0 Å². The third kappa shape index (κ3) is 10.2. The Labute approximate surface area is 200 Å². The highest BCUT2D eigenvalue weighted by Gasteiger charge is 2.16. The molecule has 2 aromatic carbocycles. The molecule has 0 spiro atoms. The second-order valence-electron chi connectivity index (χ2n) is 8.15. The van der Waals surface area contributed by atoms with Gasteiger partial charge >= 0.3 is 0 Å². The SMILES string of the molecule is OC(CCCC=COC=CCCCC(O)Cc1c(F)cc(F)cc1F)Cc1c(F)cc(F)cc1F. The number of hydrogen-bond acceptors (Lipinski definition) is 3. The number of rotatable bonds is 14. The molecule has 0 aliphatic heterocycles.